The molecule has 0 radical (unpaired) electrons. The zero-order valence-corrected chi connectivity index (χ0v) is 28.6. The number of rotatable bonds is 12. The molecule has 0 atom stereocenters. The van der Waals surface area contributed by atoms with Crippen LogP contribution >= 0.6 is 0 Å². The molecule has 2 aromatic heterocycles. The number of amides is 1. The average Bonchev–Trinajstić information content (AvgIpc) is 3.86. The summed E-state index contributed by atoms with van der Waals surface area (Å²) in [7, 11) is 4.13. The molecule has 2 aliphatic heterocycles. The molecule has 4 heterocycles. The van der Waals surface area contributed by atoms with Gasteiger partial charge in [-0.2, -0.15) is 0 Å². The Morgan fingerprint density at radius 3 is 2.60 bits per heavy atom. The van der Waals surface area contributed by atoms with Gasteiger partial charge in [-0.25, -0.2) is 0 Å². The molecule has 50 heavy (non-hydrogen) atoms. The maximum Gasteiger partial charge on any atom is 0.737 e. The van der Waals surface area contributed by atoms with Crippen LogP contribution in [-0.4, -0.2) is 70.4 Å². The van der Waals surface area contributed by atoms with Crippen molar-refractivity contribution in [1.29, 1.82) is 0 Å². The number of ketones is 1. The Labute approximate surface area is 291 Å². The van der Waals surface area contributed by atoms with Gasteiger partial charge in [0.1, 0.15) is 11.5 Å². The highest BCUT2D eigenvalue weighted by Crippen LogP contribution is 2.35. The quantitative estimate of drug-likeness (QED) is 0.131. The zero-order chi connectivity index (χ0) is 34.8. The standard InChI is InChI=1S/C40H42BF2N5O2/c1-46(2)25-7-11-36-35-10-4-3-8-28(35)13-14-29-15-16-30(26-37(29)36)40(50)45-24-5-9-34(49)21-19-31-17-18-32-27-33-20-22-39(38-12-6-23-44-38)48(33)41(42,43)47(31)32/h3-4,6,8,10-12,15-18,20,22-23,26-27,44H,5,7,9,13-14,19,21,24-25H2,1-2H3,(H,45,50)/b36-11-. The van der Waals surface area contributed by atoms with Gasteiger partial charge in [0, 0.05) is 61.6 Å². The van der Waals surface area contributed by atoms with Crippen molar-refractivity contribution in [2.24, 2.45) is 0 Å². The van der Waals surface area contributed by atoms with Gasteiger partial charge in [-0.1, -0.05) is 36.4 Å². The normalized spacial score (nSPS) is 16.5. The maximum absolute atomic E-state index is 16.1. The fourth-order valence-electron chi connectivity index (χ4n) is 7.38. The summed E-state index contributed by atoms with van der Waals surface area (Å²) in [5.74, 6) is -0.190. The van der Waals surface area contributed by atoms with Crippen LogP contribution in [0.1, 0.15) is 75.4 Å². The molecule has 0 saturated carbocycles. The second-order valence-electron chi connectivity index (χ2n) is 13.6. The van der Waals surface area contributed by atoms with Crippen LogP contribution in [0.3, 0.4) is 0 Å². The van der Waals surface area contributed by atoms with Crippen LogP contribution in [-0.2, 0) is 24.1 Å². The van der Waals surface area contributed by atoms with E-state index in [4.69, 9.17) is 0 Å². The number of benzene rings is 2. The molecule has 0 unspecified atom stereocenters. The van der Waals surface area contributed by atoms with Gasteiger partial charge in [-0.3, -0.25) is 9.59 Å². The van der Waals surface area contributed by atoms with Gasteiger partial charge in [0.05, 0.1) is 0 Å². The van der Waals surface area contributed by atoms with E-state index in [1.165, 1.54) is 22.3 Å². The number of nitrogens with one attached hydrogen (secondary N) is 2. The first-order valence-electron chi connectivity index (χ1n) is 17.5. The molecular weight excluding hydrogens is 631 g/mol. The molecule has 2 N–H and O–H groups in total. The summed E-state index contributed by atoms with van der Waals surface area (Å²) in [6.07, 6.45) is 13.0. The minimum Gasteiger partial charge on any atom is -0.394 e. The molecule has 0 fully saturated rings. The van der Waals surface area contributed by atoms with E-state index < -0.39 is 6.97 Å². The smallest absolute Gasteiger partial charge is 0.394 e. The molecule has 0 saturated heterocycles. The lowest BCUT2D eigenvalue weighted by Gasteiger charge is -2.30. The number of aryl methyl sites for hydroxylation is 3. The number of Topliss-reactive ketones (excluding diaryl/α,β-unsaturated/α-hetero) is 1. The van der Waals surface area contributed by atoms with E-state index in [1.54, 1.807) is 48.7 Å². The van der Waals surface area contributed by atoms with E-state index in [1.807, 2.05) is 12.1 Å². The lowest BCUT2D eigenvalue weighted by Crippen LogP contribution is -2.51. The molecule has 2 aromatic carbocycles. The summed E-state index contributed by atoms with van der Waals surface area (Å²) in [5, 5.41) is 2.99. The Kier molecular flexibility index (Phi) is 9.38. The van der Waals surface area contributed by atoms with Crippen molar-refractivity contribution in [2.75, 3.05) is 27.2 Å². The molecule has 256 valence electrons. The van der Waals surface area contributed by atoms with Gasteiger partial charge in [-0.15, -0.1) is 0 Å². The molecule has 1 amide bonds. The second kappa shape index (κ2) is 14.0. The largest absolute Gasteiger partial charge is 0.737 e. The van der Waals surface area contributed by atoms with Crippen molar-refractivity contribution >= 4 is 36.0 Å². The topological polar surface area (TPSA) is 73.1 Å². The van der Waals surface area contributed by atoms with E-state index in [-0.39, 0.29) is 31.0 Å². The summed E-state index contributed by atoms with van der Waals surface area (Å²) in [5.41, 5.74) is 8.99. The highest BCUT2D eigenvalue weighted by Gasteiger charge is 2.52. The minimum atomic E-state index is -4.15. The predicted molar refractivity (Wildman–Crippen MR) is 196 cm³/mol. The lowest BCUT2D eigenvalue weighted by molar-refractivity contribution is -0.360. The van der Waals surface area contributed by atoms with Crippen LogP contribution in [0.4, 0.5) is 8.63 Å². The van der Waals surface area contributed by atoms with Crippen LogP contribution in [0.2, 0.25) is 0 Å². The minimum absolute atomic E-state index is 0.0182. The Morgan fingerprint density at radius 1 is 0.980 bits per heavy atom. The van der Waals surface area contributed by atoms with Crippen molar-refractivity contribution in [3.05, 3.63) is 142 Å². The fourth-order valence-corrected chi connectivity index (χ4v) is 7.38. The highest BCUT2D eigenvalue weighted by molar-refractivity contribution is 6.58. The highest BCUT2D eigenvalue weighted by atomic mass is 19.2. The first kappa shape index (κ1) is 33.4. The number of hydrogen-bond donors (Lipinski definition) is 2. The maximum atomic E-state index is 16.1. The first-order chi connectivity index (χ1) is 24.2. The van der Waals surface area contributed by atoms with Crippen molar-refractivity contribution in [1.82, 2.24) is 19.7 Å². The predicted octanol–water partition coefficient (Wildman–Crippen LogP) is 6.66. The third kappa shape index (κ3) is 6.60. The monoisotopic (exact) mass is 673 g/mol. The second-order valence-corrected chi connectivity index (χ2v) is 13.6. The Morgan fingerprint density at radius 2 is 1.80 bits per heavy atom. The molecule has 7 rings (SSSR count). The Bertz CT molecular complexity index is 2070. The van der Waals surface area contributed by atoms with Crippen molar-refractivity contribution in [3.8, 4) is 0 Å². The summed E-state index contributed by atoms with van der Waals surface area (Å²) in [6, 6.07) is 21.4. The number of carbonyl (C=O) groups excluding carboxylic acids is 2. The van der Waals surface area contributed by atoms with Gasteiger partial charge in [0.2, 0.25) is 0 Å². The van der Waals surface area contributed by atoms with E-state index in [0.717, 1.165) is 40.3 Å². The number of allylic oxidation sites excluding steroid dienone is 2. The summed E-state index contributed by atoms with van der Waals surface area (Å²) in [4.78, 5) is 31.3. The Balaban J connectivity index is 0.959. The van der Waals surface area contributed by atoms with Crippen LogP contribution in [0.5, 0.6) is 0 Å². The molecule has 1 aliphatic carbocycles. The summed E-state index contributed by atoms with van der Waals surface area (Å²) >= 11 is 0. The van der Waals surface area contributed by atoms with Crippen LogP contribution in [0, 0.1) is 0 Å². The molecule has 3 aliphatic rings. The summed E-state index contributed by atoms with van der Waals surface area (Å²) < 4.78 is 34.3. The lowest BCUT2D eigenvalue weighted by atomic mass is 9.90. The zero-order valence-electron chi connectivity index (χ0n) is 28.6. The van der Waals surface area contributed by atoms with E-state index in [9.17, 15) is 9.59 Å². The number of aromatic nitrogens is 2. The van der Waals surface area contributed by atoms with Gasteiger partial charge < -0.3 is 32.8 Å². The molecule has 10 heteroatoms. The third-order valence-corrected chi connectivity index (χ3v) is 9.91. The van der Waals surface area contributed by atoms with Gasteiger partial charge in [-0.05, 0) is 116 Å². The van der Waals surface area contributed by atoms with Crippen molar-refractivity contribution < 1.29 is 22.7 Å². The molecule has 0 spiro atoms. The number of aromatic amines is 1. The number of hydrogen-bond acceptors (Lipinski definition) is 3. The fraction of sp³-hybridized carbons (Fsp3) is 0.275. The molecular formula is C40H42BF2N5O2. The third-order valence-electron chi connectivity index (χ3n) is 9.91. The average molecular weight is 674 g/mol. The van der Waals surface area contributed by atoms with Crippen LogP contribution in [0.25, 0.3) is 11.6 Å². The number of fused-ring (bicyclic) bond motifs is 4. The van der Waals surface area contributed by atoms with Crippen LogP contribution in [0.15, 0.2) is 96.9 Å². The SMILES string of the molecule is CN(C)CC/C=C1/c2ccccc2CCc2ccc(C(=O)NCCCC(=O)CCc3ccc4n3[B-](F)(F)[N+]3=C(c5ccc[nH]5)C=CC3=C4)cc21. The van der Waals surface area contributed by atoms with Crippen molar-refractivity contribution in [3.63, 3.8) is 0 Å². The molecule has 4 aromatic rings. The molecule has 7 nitrogen and oxygen atoms in total. The van der Waals surface area contributed by atoms with E-state index in [0.29, 0.717) is 47.0 Å². The number of halogens is 2. The van der Waals surface area contributed by atoms with Gasteiger partial charge in [0.15, 0.2) is 11.4 Å². The van der Waals surface area contributed by atoms with Gasteiger partial charge >= 0.3 is 6.97 Å². The van der Waals surface area contributed by atoms with Gasteiger partial charge in [0.25, 0.3) is 5.91 Å². The van der Waals surface area contributed by atoms with Crippen molar-refractivity contribution in [2.45, 2.75) is 44.9 Å². The first-order valence-corrected chi connectivity index (χ1v) is 17.5. The van der Waals surface area contributed by atoms with E-state index >= 15 is 8.63 Å². The summed E-state index contributed by atoms with van der Waals surface area (Å²) in [6.45, 7) is -2.87. The number of H-pyrrole nitrogens is 1. The van der Waals surface area contributed by atoms with Crippen LogP contribution < -0.4 is 5.32 Å². The van der Waals surface area contributed by atoms with E-state index in [2.05, 4.69) is 65.7 Å². The number of carbonyl (C=O) groups is 2. The Hall–Kier alpha value is -5.09. The number of nitrogens with zero attached hydrogens (tertiary/aromatic N) is 3. The molecule has 0 bridgehead atoms.